The molecule has 2 N–H and O–H groups in total. The van der Waals surface area contributed by atoms with E-state index in [9.17, 15) is 9.18 Å². The Kier molecular flexibility index (Phi) is 4.55. The number of hydrogen-bond donors (Lipinski definition) is 2. The van der Waals surface area contributed by atoms with Gasteiger partial charge in [-0.2, -0.15) is 0 Å². The second-order valence-corrected chi connectivity index (χ2v) is 5.93. The molecule has 0 aliphatic carbocycles. The van der Waals surface area contributed by atoms with E-state index in [0.29, 0.717) is 22.6 Å². The van der Waals surface area contributed by atoms with Crippen LogP contribution < -0.4 is 4.74 Å². The maximum Gasteiger partial charge on any atom is 0.328 e. The van der Waals surface area contributed by atoms with Gasteiger partial charge in [-0.15, -0.1) is 0 Å². The minimum atomic E-state index is -1.00. The van der Waals surface area contributed by atoms with Gasteiger partial charge < -0.3 is 14.8 Å². The van der Waals surface area contributed by atoms with Gasteiger partial charge >= 0.3 is 5.97 Å². The molecule has 2 aromatic heterocycles. The Balaban J connectivity index is 1.61. The van der Waals surface area contributed by atoms with Gasteiger partial charge in [-0.25, -0.2) is 19.2 Å². The summed E-state index contributed by atoms with van der Waals surface area (Å²) in [6, 6.07) is 13.3. The molecule has 0 fully saturated rings. The third-order valence-corrected chi connectivity index (χ3v) is 4.04. The molecule has 138 valence electrons. The third-order valence-electron chi connectivity index (χ3n) is 4.04. The Bertz CT molecular complexity index is 1180. The summed E-state index contributed by atoms with van der Waals surface area (Å²) in [6.45, 7) is 0. The van der Waals surface area contributed by atoms with Gasteiger partial charge in [-0.05, 0) is 23.8 Å². The zero-order valence-corrected chi connectivity index (χ0v) is 14.5. The molecule has 0 unspecified atom stereocenters. The molecule has 0 aliphatic heterocycles. The van der Waals surface area contributed by atoms with Crippen molar-refractivity contribution >= 4 is 23.1 Å². The number of benzene rings is 2. The van der Waals surface area contributed by atoms with E-state index < -0.39 is 11.8 Å². The lowest BCUT2D eigenvalue weighted by Gasteiger charge is -2.05. The summed E-state index contributed by atoms with van der Waals surface area (Å²) in [6.07, 6.45) is 5.80. The number of rotatable bonds is 5. The molecule has 6 nitrogen and oxygen atoms in total. The minimum Gasteiger partial charge on any atom is -0.478 e. The van der Waals surface area contributed by atoms with Crippen molar-refractivity contribution in [2.24, 2.45) is 0 Å². The Hall–Kier alpha value is -4.00. The first-order valence-corrected chi connectivity index (χ1v) is 8.38. The van der Waals surface area contributed by atoms with Gasteiger partial charge in [0.05, 0.1) is 5.39 Å². The minimum absolute atomic E-state index is 0.123. The van der Waals surface area contributed by atoms with E-state index in [1.165, 1.54) is 12.1 Å². The van der Waals surface area contributed by atoms with Crippen LogP contribution in [0.5, 0.6) is 11.5 Å². The number of aromatic amines is 1. The second kappa shape index (κ2) is 7.32. The number of halogens is 1. The zero-order valence-electron chi connectivity index (χ0n) is 14.5. The Morgan fingerprint density at radius 3 is 2.64 bits per heavy atom. The normalized spacial score (nSPS) is 11.2. The number of aliphatic carboxylic acids is 1. The summed E-state index contributed by atoms with van der Waals surface area (Å²) >= 11 is 0. The molecule has 0 saturated heterocycles. The van der Waals surface area contributed by atoms with Crippen molar-refractivity contribution in [1.82, 2.24) is 15.0 Å². The average molecular weight is 375 g/mol. The van der Waals surface area contributed by atoms with Crippen LogP contribution in [-0.4, -0.2) is 26.0 Å². The number of hydrogen-bond acceptors (Lipinski definition) is 4. The summed E-state index contributed by atoms with van der Waals surface area (Å²) in [5, 5.41) is 9.31. The van der Waals surface area contributed by atoms with Crippen molar-refractivity contribution in [2.75, 3.05) is 0 Å². The van der Waals surface area contributed by atoms with Crippen molar-refractivity contribution in [3.8, 4) is 22.9 Å². The van der Waals surface area contributed by atoms with Crippen LogP contribution in [0, 0.1) is 5.82 Å². The van der Waals surface area contributed by atoms with E-state index in [4.69, 9.17) is 9.84 Å². The van der Waals surface area contributed by atoms with Gasteiger partial charge in [-0.1, -0.05) is 36.4 Å². The quantitative estimate of drug-likeness (QED) is 0.496. The summed E-state index contributed by atoms with van der Waals surface area (Å²) in [5.41, 5.74) is 2.10. The number of carbonyl (C=O) groups is 1. The lowest BCUT2D eigenvalue weighted by molar-refractivity contribution is -0.131. The van der Waals surface area contributed by atoms with Crippen molar-refractivity contribution in [3.63, 3.8) is 0 Å². The van der Waals surface area contributed by atoms with Crippen molar-refractivity contribution in [2.45, 2.75) is 0 Å². The molecule has 0 atom stereocenters. The number of fused-ring (bicyclic) bond motifs is 1. The molecule has 2 heterocycles. The lowest BCUT2D eigenvalue weighted by Crippen LogP contribution is -1.91. The molecule has 28 heavy (non-hydrogen) atoms. The molecule has 7 heteroatoms. The highest BCUT2D eigenvalue weighted by Gasteiger charge is 2.12. The van der Waals surface area contributed by atoms with Crippen LogP contribution in [0.25, 0.3) is 28.5 Å². The molecule has 0 saturated carbocycles. The second-order valence-electron chi connectivity index (χ2n) is 5.93. The fourth-order valence-corrected chi connectivity index (χ4v) is 2.66. The van der Waals surface area contributed by atoms with Gasteiger partial charge in [-0.3, -0.25) is 0 Å². The molecule has 0 spiro atoms. The van der Waals surface area contributed by atoms with Crippen LogP contribution in [0.2, 0.25) is 0 Å². The van der Waals surface area contributed by atoms with E-state index >= 15 is 0 Å². The van der Waals surface area contributed by atoms with E-state index in [1.54, 1.807) is 42.7 Å². The van der Waals surface area contributed by atoms with Crippen LogP contribution in [0.4, 0.5) is 4.39 Å². The number of aromatic nitrogens is 3. The lowest BCUT2D eigenvalue weighted by atomic mass is 10.1. The van der Waals surface area contributed by atoms with Gasteiger partial charge in [0.25, 0.3) is 0 Å². The molecular weight excluding hydrogens is 361 g/mol. The van der Waals surface area contributed by atoms with E-state index in [2.05, 4.69) is 15.0 Å². The number of para-hydroxylation sites is 1. The molecule has 4 aromatic rings. The predicted molar refractivity (Wildman–Crippen MR) is 102 cm³/mol. The highest BCUT2D eigenvalue weighted by Crippen LogP contribution is 2.31. The Morgan fingerprint density at radius 2 is 1.89 bits per heavy atom. The SMILES string of the molecule is O=C(O)/C=C/c1ccc(-c2ncc3c(Oc4ccccc4F)c[nH]c3n2)cc1. The summed E-state index contributed by atoms with van der Waals surface area (Å²) in [4.78, 5) is 22.4. The van der Waals surface area contributed by atoms with Crippen LogP contribution in [-0.2, 0) is 4.79 Å². The summed E-state index contributed by atoms with van der Waals surface area (Å²) < 4.78 is 19.4. The zero-order chi connectivity index (χ0) is 19.5. The molecule has 0 bridgehead atoms. The van der Waals surface area contributed by atoms with Crippen LogP contribution in [0.1, 0.15) is 5.56 Å². The fourth-order valence-electron chi connectivity index (χ4n) is 2.66. The Morgan fingerprint density at radius 1 is 1.11 bits per heavy atom. The molecule has 4 rings (SSSR count). The summed E-state index contributed by atoms with van der Waals surface area (Å²) in [7, 11) is 0. The molecular formula is C21H14FN3O3. The highest BCUT2D eigenvalue weighted by atomic mass is 19.1. The van der Waals surface area contributed by atoms with E-state index in [0.717, 1.165) is 17.2 Å². The number of ether oxygens (including phenoxy) is 1. The monoisotopic (exact) mass is 375 g/mol. The van der Waals surface area contributed by atoms with E-state index in [1.807, 2.05) is 12.1 Å². The molecule has 0 amide bonds. The van der Waals surface area contributed by atoms with Gasteiger partial charge in [0, 0.05) is 24.0 Å². The molecule has 0 aliphatic rings. The third kappa shape index (κ3) is 3.59. The Labute approximate surface area is 159 Å². The number of carboxylic acid groups (broad SMARTS) is 1. The first kappa shape index (κ1) is 17.4. The summed E-state index contributed by atoms with van der Waals surface area (Å²) in [5.74, 6) is -0.400. The first-order chi connectivity index (χ1) is 13.6. The number of nitrogens with zero attached hydrogens (tertiary/aromatic N) is 2. The molecule has 2 aromatic carbocycles. The van der Waals surface area contributed by atoms with Crippen molar-refractivity contribution < 1.29 is 19.0 Å². The number of H-pyrrole nitrogens is 1. The van der Waals surface area contributed by atoms with Crippen LogP contribution in [0.3, 0.4) is 0 Å². The van der Waals surface area contributed by atoms with Crippen LogP contribution in [0.15, 0.2) is 67.0 Å². The van der Waals surface area contributed by atoms with Crippen molar-refractivity contribution in [1.29, 1.82) is 0 Å². The van der Waals surface area contributed by atoms with Crippen LogP contribution >= 0.6 is 0 Å². The first-order valence-electron chi connectivity index (χ1n) is 8.38. The van der Waals surface area contributed by atoms with E-state index in [-0.39, 0.29) is 5.75 Å². The van der Waals surface area contributed by atoms with Crippen molar-refractivity contribution in [3.05, 3.63) is 78.4 Å². The maximum atomic E-state index is 13.8. The standard InChI is InChI=1S/C21H14FN3O3/c22-16-3-1-2-4-17(16)28-18-12-24-21-15(18)11-23-20(25-21)14-8-5-13(6-9-14)7-10-19(26)27/h1-12H,(H,26,27)(H,23,24,25)/b10-7+. The average Bonchev–Trinajstić information content (AvgIpc) is 3.10. The topological polar surface area (TPSA) is 88.1 Å². The van der Waals surface area contributed by atoms with Gasteiger partial charge in [0.2, 0.25) is 0 Å². The predicted octanol–water partition coefficient (Wildman–Crippen LogP) is 4.65. The maximum absolute atomic E-state index is 13.8. The fraction of sp³-hybridized carbons (Fsp3) is 0. The largest absolute Gasteiger partial charge is 0.478 e. The highest BCUT2D eigenvalue weighted by molar-refractivity contribution is 5.86. The van der Waals surface area contributed by atoms with Gasteiger partial charge in [0.1, 0.15) is 5.65 Å². The smallest absolute Gasteiger partial charge is 0.328 e. The molecule has 0 radical (unpaired) electrons. The number of nitrogens with one attached hydrogen (secondary N) is 1. The number of carboxylic acids is 1. The van der Waals surface area contributed by atoms with Gasteiger partial charge in [0.15, 0.2) is 23.1 Å².